The van der Waals surface area contributed by atoms with E-state index in [1.165, 1.54) is 35.8 Å². The lowest BCUT2D eigenvalue weighted by molar-refractivity contribution is -0.391. The molecule has 1 heterocycles. The minimum Gasteiger partial charge on any atom is -0.385 e. The van der Waals surface area contributed by atoms with Crippen molar-refractivity contribution in [3.05, 3.63) is 57.8 Å². The van der Waals surface area contributed by atoms with Crippen molar-refractivity contribution in [3.8, 4) is 0 Å². The highest BCUT2D eigenvalue weighted by Crippen LogP contribution is 2.24. The number of benzene rings is 1. The van der Waals surface area contributed by atoms with E-state index in [-0.39, 0.29) is 11.6 Å². The number of aromatic nitrogens is 2. The van der Waals surface area contributed by atoms with E-state index < -0.39 is 11.0 Å². The maximum absolute atomic E-state index is 12.9. The summed E-state index contributed by atoms with van der Waals surface area (Å²) in [4.78, 5) is 14.4. The molecule has 1 aromatic heterocycles. The lowest BCUT2D eigenvalue weighted by Gasteiger charge is -2.10. The van der Waals surface area contributed by atoms with E-state index in [2.05, 4.69) is 4.98 Å². The monoisotopic (exact) mass is 291 g/mol. The predicted octanol–water partition coefficient (Wildman–Crippen LogP) is 2.62. The van der Waals surface area contributed by atoms with Gasteiger partial charge >= 0.3 is 5.82 Å². The van der Waals surface area contributed by atoms with Gasteiger partial charge in [-0.3, -0.25) is 0 Å². The molecule has 0 aliphatic heterocycles. The number of hydrogen-bond acceptors (Lipinski definition) is 4. The van der Waals surface area contributed by atoms with Crippen LogP contribution >= 0.6 is 0 Å². The maximum Gasteiger partial charge on any atom is 0.347 e. The van der Waals surface area contributed by atoms with Crippen molar-refractivity contribution in [2.45, 2.75) is 20.0 Å². The Morgan fingerprint density at radius 3 is 2.62 bits per heavy atom. The summed E-state index contributed by atoms with van der Waals surface area (Å²) >= 11 is 0. The van der Waals surface area contributed by atoms with Crippen molar-refractivity contribution in [1.82, 2.24) is 9.55 Å². The quantitative estimate of drug-likeness (QED) is 0.693. The summed E-state index contributed by atoms with van der Waals surface area (Å²) in [5.74, 6) is -0.228. The third-order valence-corrected chi connectivity index (χ3v) is 2.98. The van der Waals surface area contributed by atoms with Crippen LogP contribution in [0.4, 0.5) is 10.2 Å². The van der Waals surface area contributed by atoms with Gasteiger partial charge in [0.05, 0.1) is 0 Å². The van der Waals surface area contributed by atoms with Crippen molar-refractivity contribution in [3.63, 3.8) is 0 Å². The van der Waals surface area contributed by atoms with Gasteiger partial charge in [-0.15, -0.1) is 0 Å². The van der Waals surface area contributed by atoms with Crippen LogP contribution in [0.3, 0.4) is 0 Å². The van der Waals surface area contributed by atoms with E-state index >= 15 is 0 Å². The number of aliphatic hydroxyl groups is 1. The van der Waals surface area contributed by atoms with Crippen molar-refractivity contribution >= 4 is 17.6 Å². The summed E-state index contributed by atoms with van der Waals surface area (Å²) in [6, 6.07) is 5.60. The lowest BCUT2D eigenvalue weighted by Crippen LogP contribution is -2.14. The summed E-state index contributed by atoms with van der Waals surface area (Å²) in [5.41, 5.74) is 0.915. The van der Waals surface area contributed by atoms with E-state index in [1.807, 2.05) is 0 Å². The Hall–Kier alpha value is -2.54. The first-order chi connectivity index (χ1) is 9.90. The molecule has 7 heteroatoms. The first-order valence-electron chi connectivity index (χ1n) is 6.24. The molecule has 0 bridgehead atoms. The van der Waals surface area contributed by atoms with E-state index in [9.17, 15) is 19.6 Å². The van der Waals surface area contributed by atoms with Gasteiger partial charge in [-0.2, -0.15) is 4.57 Å². The van der Waals surface area contributed by atoms with Gasteiger partial charge in [0.2, 0.25) is 0 Å². The van der Waals surface area contributed by atoms with Gasteiger partial charge in [0.15, 0.2) is 5.82 Å². The summed E-state index contributed by atoms with van der Waals surface area (Å²) < 4.78 is 14.2. The second-order valence-electron chi connectivity index (χ2n) is 4.55. The number of hydrogen-bond donors (Lipinski definition) is 1. The number of aryl methyl sites for hydroxylation is 1. The number of rotatable bonds is 4. The molecule has 110 valence electrons. The number of aliphatic hydroxyl groups excluding tert-OH is 1. The first-order valence-corrected chi connectivity index (χ1v) is 6.24. The Morgan fingerprint density at radius 1 is 1.48 bits per heavy atom. The molecule has 0 amide bonds. The molecule has 0 saturated heterocycles. The zero-order valence-electron chi connectivity index (χ0n) is 11.5. The molecule has 1 aromatic carbocycles. The largest absolute Gasteiger partial charge is 0.385 e. The van der Waals surface area contributed by atoms with Crippen LogP contribution in [0.5, 0.6) is 0 Å². The molecule has 0 fully saturated rings. The molecule has 0 aliphatic carbocycles. The third-order valence-electron chi connectivity index (χ3n) is 2.98. The molecule has 6 nitrogen and oxygen atoms in total. The predicted molar refractivity (Wildman–Crippen MR) is 75.9 cm³/mol. The summed E-state index contributed by atoms with van der Waals surface area (Å²) in [5, 5.41) is 21.0. The zero-order valence-corrected chi connectivity index (χ0v) is 11.5. The average molecular weight is 291 g/mol. The number of imidazole rings is 1. The SMILES string of the molecule is Cc1ncc([N+](=O)[O-])n1/C(=C/c1ccc(F)cc1)C(C)O. The Labute approximate surface area is 120 Å². The molecule has 21 heavy (non-hydrogen) atoms. The van der Waals surface area contributed by atoms with Gasteiger partial charge in [-0.25, -0.2) is 9.37 Å². The summed E-state index contributed by atoms with van der Waals surface area (Å²) in [7, 11) is 0. The van der Waals surface area contributed by atoms with Crippen molar-refractivity contribution < 1.29 is 14.4 Å². The lowest BCUT2D eigenvalue weighted by atomic mass is 10.1. The minimum absolute atomic E-state index is 0.234. The number of nitro groups is 1. The molecule has 0 saturated carbocycles. The van der Waals surface area contributed by atoms with Crippen LogP contribution in [0.1, 0.15) is 18.3 Å². The second kappa shape index (κ2) is 5.84. The van der Waals surface area contributed by atoms with Crippen LogP contribution in [0, 0.1) is 22.9 Å². The van der Waals surface area contributed by atoms with E-state index in [4.69, 9.17) is 0 Å². The highest BCUT2D eigenvalue weighted by atomic mass is 19.1. The Bertz CT molecular complexity index is 690. The number of nitrogens with zero attached hydrogens (tertiary/aromatic N) is 3. The fourth-order valence-corrected chi connectivity index (χ4v) is 1.98. The maximum atomic E-state index is 12.9. The molecule has 2 aromatic rings. The highest BCUT2D eigenvalue weighted by Gasteiger charge is 2.24. The second-order valence-corrected chi connectivity index (χ2v) is 4.55. The first kappa shape index (κ1) is 14.9. The Morgan fingerprint density at radius 2 is 2.10 bits per heavy atom. The molecule has 1 unspecified atom stereocenters. The van der Waals surface area contributed by atoms with Gasteiger partial charge in [-0.05, 0) is 35.6 Å². The molecule has 1 atom stereocenters. The van der Waals surface area contributed by atoms with Gasteiger partial charge in [0.25, 0.3) is 0 Å². The summed E-state index contributed by atoms with van der Waals surface area (Å²) in [6.45, 7) is 3.10. The van der Waals surface area contributed by atoms with Gasteiger partial charge in [0.1, 0.15) is 23.8 Å². The smallest absolute Gasteiger partial charge is 0.347 e. The molecule has 2 rings (SSSR count). The van der Waals surface area contributed by atoms with Crippen LogP contribution < -0.4 is 0 Å². The van der Waals surface area contributed by atoms with Crippen LogP contribution in [0.25, 0.3) is 11.8 Å². The van der Waals surface area contributed by atoms with Crippen molar-refractivity contribution in [1.29, 1.82) is 0 Å². The zero-order chi connectivity index (χ0) is 15.6. The standard InChI is InChI=1S/C14H14FN3O3/c1-9(19)13(7-11-3-5-12(15)6-4-11)17-10(2)16-8-14(17)18(20)21/h3-9,19H,1-2H3/b13-7+. The highest BCUT2D eigenvalue weighted by molar-refractivity contribution is 5.74. The molecule has 0 aliphatic rings. The molecular formula is C14H14FN3O3. The topological polar surface area (TPSA) is 81.2 Å². The van der Waals surface area contributed by atoms with Crippen LogP contribution in [-0.2, 0) is 0 Å². The van der Waals surface area contributed by atoms with Gasteiger partial charge < -0.3 is 15.2 Å². The third kappa shape index (κ3) is 3.14. The normalized spacial score (nSPS) is 13.2. The van der Waals surface area contributed by atoms with E-state index in [0.717, 1.165) is 6.20 Å². The average Bonchev–Trinajstić information content (AvgIpc) is 2.79. The van der Waals surface area contributed by atoms with E-state index in [1.54, 1.807) is 13.0 Å². The van der Waals surface area contributed by atoms with E-state index in [0.29, 0.717) is 17.1 Å². The molecule has 0 spiro atoms. The Balaban J connectivity index is 2.57. The number of halogens is 1. The molecular weight excluding hydrogens is 277 g/mol. The van der Waals surface area contributed by atoms with Crippen LogP contribution in [-0.4, -0.2) is 25.7 Å². The van der Waals surface area contributed by atoms with Crippen LogP contribution in [0.15, 0.2) is 30.5 Å². The molecule has 0 radical (unpaired) electrons. The van der Waals surface area contributed by atoms with Crippen molar-refractivity contribution in [2.75, 3.05) is 0 Å². The van der Waals surface area contributed by atoms with Crippen LogP contribution in [0.2, 0.25) is 0 Å². The summed E-state index contributed by atoms with van der Waals surface area (Å²) in [6.07, 6.45) is 1.74. The van der Waals surface area contributed by atoms with Gasteiger partial charge in [-0.1, -0.05) is 12.1 Å². The molecule has 1 N–H and O–H groups in total. The Kier molecular flexibility index (Phi) is 4.13. The minimum atomic E-state index is -0.957. The fraction of sp³-hybridized carbons (Fsp3) is 0.214. The van der Waals surface area contributed by atoms with Gasteiger partial charge in [0, 0.05) is 6.92 Å². The fourth-order valence-electron chi connectivity index (χ4n) is 1.98. The van der Waals surface area contributed by atoms with Crippen molar-refractivity contribution in [2.24, 2.45) is 0 Å².